The number of hydrogen-bond acceptors (Lipinski definition) is 4. The van der Waals surface area contributed by atoms with Gasteiger partial charge >= 0.3 is 5.97 Å². The van der Waals surface area contributed by atoms with Gasteiger partial charge in [-0.05, 0) is 36.8 Å². The Morgan fingerprint density at radius 2 is 1.73 bits per heavy atom. The highest BCUT2D eigenvalue weighted by Crippen LogP contribution is 2.27. The molecule has 0 N–H and O–H groups in total. The second-order valence-corrected chi connectivity index (χ2v) is 5.03. The monoisotopic (exact) mass is 293 g/mol. The van der Waals surface area contributed by atoms with Crippen LogP contribution in [0.3, 0.4) is 0 Å². The molecule has 0 aliphatic carbocycles. The zero-order valence-corrected chi connectivity index (χ0v) is 12.4. The SMILES string of the molecule is C=C(C)c1ccc(OC(C)=O)c(-n2nc3ccccc3n2)c1. The highest BCUT2D eigenvalue weighted by Gasteiger charge is 2.13. The topological polar surface area (TPSA) is 57.0 Å². The predicted molar refractivity (Wildman–Crippen MR) is 84.9 cm³/mol. The van der Waals surface area contributed by atoms with Crippen LogP contribution in [0.25, 0.3) is 22.3 Å². The van der Waals surface area contributed by atoms with E-state index in [9.17, 15) is 4.79 Å². The van der Waals surface area contributed by atoms with E-state index in [0.29, 0.717) is 11.4 Å². The minimum absolute atomic E-state index is 0.388. The quantitative estimate of drug-likeness (QED) is 0.548. The van der Waals surface area contributed by atoms with Gasteiger partial charge in [0.25, 0.3) is 0 Å². The van der Waals surface area contributed by atoms with Crippen molar-refractivity contribution in [2.45, 2.75) is 13.8 Å². The fraction of sp³-hybridized carbons (Fsp3) is 0.118. The minimum Gasteiger partial charge on any atom is -0.424 e. The average Bonchev–Trinajstić information content (AvgIpc) is 2.90. The van der Waals surface area contributed by atoms with E-state index in [1.165, 1.54) is 11.7 Å². The van der Waals surface area contributed by atoms with E-state index in [-0.39, 0.29) is 5.97 Å². The molecule has 5 heteroatoms. The molecule has 22 heavy (non-hydrogen) atoms. The van der Waals surface area contributed by atoms with Gasteiger partial charge in [0.1, 0.15) is 16.7 Å². The van der Waals surface area contributed by atoms with Crippen molar-refractivity contribution in [3.63, 3.8) is 0 Å². The molecule has 0 saturated carbocycles. The Kier molecular flexibility index (Phi) is 3.47. The number of rotatable bonds is 3. The lowest BCUT2D eigenvalue weighted by atomic mass is 10.1. The van der Waals surface area contributed by atoms with Crippen molar-refractivity contribution in [3.05, 3.63) is 54.6 Å². The third kappa shape index (κ3) is 2.61. The zero-order chi connectivity index (χ0) is 15.7. The second kappa shape index (κ2) is 5.44. The van der Waals surface area contributed by atoms with E-state index >= 15 is 0 Å². The molecule has 1 aromatic heterocycles. The normalized spacial score (nSPS) is 10.6. The maximum absolute atomic E-state index is 11.3. The fourth-order valence-electron chi connectivity index (χ4n) is 2.15. The van der Waals surface area contributed by atoms with Gasteiger partial charge in [0.15, 0.2) is 5.75 Å². The van der Waals surface area contributed by atoms with Crippen molar-refractivity contribution in [1.29, 1.82) is 0 Å². The van der Waals surface area contributed by atoms with Crippen LogP contribution in [-0.2, 0) is 4.79 Å². The van der Waals surface area contributed by atoms with E-state index < -0.39 is 0 Å². The smallest absolute Gasteiger partial charge is 0.308 e. The number of carbonyl (C=O) groups excluding carboxylic acids is 1. The number of esters is 1. The lowest BCUT2D eigenvalue weighted by molar-refractivity contribution is -0.131. The molecule has 1 heterocycles. The Morgan fingerprint density at radius 1 is 1.09 bits per heavy atom. The number of allylic oxidation sites excluding steroid dienone is 1. The van der Waals surface area contributed by atoms with Gasteiger partial charge in [-0.2, -0.15) is 0 Å². The van der Waals surface area contributed by atoms with E-state index in [0.717, 1.165) is 22.2 Å². The van der Waals surface area contributed by atoms with Gasteiger partial charge in [-0.15, -0.1) is 15.0 Å². The molecular formula is C17H15N3O2. The largest absolute Gasteiger partial charge is 0.424 e. The number of carbonyl (C=O) groups is 1. The van der Waals surface area contributed by atoms with Crippen molar-refractivity contribution >= 4 is 22.6 Å². The number of ether oxygens (including phenoxy) is 1. The maximum Gasteiger partial charge on any atom is 0.308 e. The second-order valence-electron chi connectivity index (χ2n) is 5.03. The molecule has 3 aromatic rings. The first kappa shape index (κ1) is 14.0. The number of hydrogen-bond donors (Lipinski definition) is 0. The summed E-state index contributed by atoms with van der Waals surface area (Å²) in [6, 6.07) is 13.0. The molecule has 0 fully saturated rings. The number of aromatic nitrogens is 3. The Hall–Kier alpha value is -2.95. The van der Waals surface area contributed by atoms with Crippen LogP contribution in [0.2, 0.25) is 0 Å². The first-order valence-electron chi connectivity index (χ1n) is 6.85. The molecule has 3 rings (SSSR count). The van der Waals surface area contributed by atoms with Crippen molar-refractivity contribution in [2.75, 3.05) is 0 Å². The van der Waals surface area contributed by atoms with Gasteiger partial charge < -0.3 is 4.74 Å². The Balaban J connectivity index is 2.18. The van der Waals surface area contributed by atoms with Gasteiger partial charge in [-0.1, -0.05) is 30.4 Å². The molecule has 5 nitrogen and oxygen atoms in total. The molecule has 110 valence electrons. The highest BCUT2D eigenvalue weighted by molar-refractivity contribution is 5.75. The zero-order valence-electron chi connectivity index (χ0n) is 12.4. The van der Waals surface area contributed by atoms with Gasteiger partial charge in [-0.25, -0.2) is 0 Å². The molecule has 0 saturated heterocycles. The van der Waals surface area contributed by atoms with Crippen LogP contribution in [0, 0.1) is 0 Å². The fourth-order valence-corrected chi connectivity index (χ4v) is 2.15. The number of benzene rings is 2. The first-order valence-corrected chi connectivity index (χ1v) is 6.85. The Morgan fingerprint density at radius 3 is 2.27 bits per heavy atom. The Bertz CT molecular complexity index is 847. The van der Waals surface area contributed by atoms with Crippen molar-refractivity contribution in [3.8, 4) is 11.4 Å². The van der Waals surface area contributed by atoms with Crippen LogP contribution >= 0.6 is 0 Å². The molecule has 0 bridgehead atoms. The summed E-state index contributed by atoms with van der Waals surface area (Å²) < 4.78 is 5.26. The lowest BCUT2D eigenvalue weighted by Crippen LogP contribution is -2.07. The molecule has 0 radical (unpaired) electrons. The predicted octanol–water partition coefficient (Wildman–Crippen LogP) is 3.38. The number of nitrogens with zero attached hydrogens (tertiary/aromatic N) is 3. The van der Waals surface area contributed by atoms with Crippen molar-refractivity contribution < 1.29 is 9.53 Å². The van der Waals surface area contributed by atoms with Crippen LogP contribution in [0.4, 0.5) is 0 Å². The molecule has 0 unspecified atom stereocenters. The van der Waals surface area contributed by atoms with E-state index in [2.05, 4.69) is 16.8 Å². The summed E-state index contributed by atoms with van der Waals surface area (Å²) in [5.74, 6) is 0.0267. The summed E-state index contributed by atoms with van der Waals surface area (Å²) >= 11 is 0. The van der Waals surface area contributed by atoms with Crippen molar-refractivity contribution in [2.24, 2.45) is 0 Å². The van der Waals surface area contributed by atoms with E-state index in [1.807, 2.05) is 43.3 Å². The van der Waals surface area contributed by atoms with E-state index in [4.69, 9.17) is 4.74 Å². The summed E-state index contributed by atoms with van der Waals surface area (Å²) in [7, 11) is 0. The molecular weight excluding hydrogens is 278 g/mol. The standard InChI is InChI=1S/C17H15N3O2/c1-11(2)13-8-9-17(22-12(3)21)16(10-13)20-18-14-6-4-5-7-15(14)19-20/h4-10H,1H2,2-3H3. The van der Waals surface area contributed by atoms with Crippen LogP contribution < -0.4 is 4.74 Å². The van der Waals surface area contributed by atoms with Crippen LogP contribution in [0.15, 0.2) is 49.0 Å². The summed E-state index contributed by atoms with van der Waals surface area (Å²) in [4.78, 5) is 12.8. The van der Waals surface area contributed by atoms with Crippen LogP contribution in [-0.4, -0.2) is 21.0 Å². The summed E-state index contributed by atoms with van der Waals surface area (Å²) in [6.45, 7) is 7.21. The lowest BCUT2D eigenvalue weighted by Gasteiger charge is -2.10. The first-order chi connectivity index (χ1) is 10.5. The van der Waals surface area contributed by atoms with Crippen LogP contribution in [0.5, 0.6) is 5.75 Å². The Labute approximate surface area is 127 Å². The third-order valence-corrected chi connectivity index (χ3v) is 3.21. The minimum atomic E-state index is -0.388. The molecule has 2 aromatic carbocycles. The molecule has 0 atom stereocenters. The van der Waals surface area contributed by atoms with Gasteiger partial charge in [0, 0.05) is 6.92 Å². The molecule has 0 aliphatic heterocycles. The number of fused-ring (bicyclic) bond motifs is 1. The maximum atomic E-state index is 11.3. The molecule has 0 amide bonds. The molecule has 0 spiro atoms. The average molecular weight is 293 g/mol. The highest BCUT2D eigenvalue weighted by atomic mass is 16.5. The van der Waals surface area contributed by atoms with Crippen LogP contribution in [0.1, 0.15) is 19.4 Å². The molecule has 0 aliphatic rings. The van der Waals surface area contributed by atoms with Gasteiger partial charge in [0.05, 0.1) is 0 Å². The van der Waals surface area contributed by atoms with E-state index in [1.54, 1.807) is 6.07 Å². The summed E-state index contributed by atoms with van der Waals surface area (Å²) in [5.41, 5.74) is 4.00. The summed E-state index contributed by atoms with van der Waals surface area (Å²) in [6.07, 6.45) is 0. The van der Waals surface area contributed by atoms with Gasteiger partial charge in [-0.3, -0.25) is 4.79 Å². The van der Waals surface area contributed by atoms with Crippen molar-refractivity contribution in [1.82, 2.24) is 15.0 Å². The third-order valence-electron chi connectivity index (χ3n) is 3.21. The van der Waals surface area contributed by atoms with Gasteiger partial charge in [0.2, 0.25) is 0 Å². The summed E-state index contributed by atoms with van der Waals surface area (Å²) in [5, 5.41) is 8.87.